The lowest BCUT2D eigenvalue weighted by Crippen LogP contribution is -2.56. The third-order valence-electron chi connectivity index (χ3n) is 8.78. The molecule has 7 rings (SSSR count). The molecule has 224 valence electrons. The second-order valence-electron chi connectivity index (χ2n) is 11.5. The molecule has 43 heavy (non-hydrogen) atoms. The number of benzene rings is 1. The van der Waals surface area contributed by atoms with Crippen molar-refractivity contribution in [3.8, 4) is 0 Å². The smallest absolute Gasteiger partial charge is 0.255 e. The average Bonchev–Trinajstić information content (AvgIpc) is 3.72. The molecule has 0 aliphatic carbocycles. The van der Waals surface area contributed by atoms with Crippen molar-refractivity contribution in [2.45, 2.75) is 36.4 Å². The molecule has 0 spiro atoms. The van der Waals surface area contributed by atoms with Gasteiger partial charge in [0.2, 0.25) is 11.9 Å². The zero-order valence-electron chi connectivity index (χ0n) is 24.5. The first kappa shape index (κ1) is 27.7. The summed E-state index contributed by atoms with van der Waals surface area (Å²) in [5.74, 6) is 0.667. The minimum atomic E-state index is 0.0717. The van der Waals surface area contributed by atoms with Gasteiger partial charge < -0.3 is 24.9 Å². The Morgan fingerprint density at radius 1 is 1.02 bits per heavy atom. The number of aromatic nitrogens is 5. The van der Waals surface area contributed by atoms with Crippen LogP contribution < -0.4 is 10.2 Å². The van der Waals surface area contributed by atoms with Crippen LogP contribution in [0.15, 0.2) is 59.9 Å². The predicted molar refractivity (Wildman–Crippen MR) is 166 cm³/mol. The van der Waals surface area contributed by atoms with Gasteiger partial charge in [-0.1, -0.05) is 12.1 Å². The van der Waals surface area contributed by atoms with E-state index in [1.54, 1.807) is 27.2 Å². The molecule has 2 unspecified atom stereocenters. The molecule has 3 aliphatic heterocycles. The van der Waals surface area contributed by atoms with E-state index in [1.165, 1.54) is 0 Å². The summed E-state index contributed by atoms with van der Waals surface area (Å²) in [6.07, 6.45) is 9.40. The molecular weight excluding hydrogens is 564 g/mol. The molecule has 2 bridgehead atoms. The number of likely N-dealkylation sites (N-methyl/N-ethyl adjacent to an activating group) is 1. The van der Waals surface area contributed by atoms with Gasteiger partial charge in [0, 0.05) is 68.6 Å². The fraction of sp³-hybridized carbons (Fsp3) is 0.433. The van der Waals surface area contributed by atoms with Crippen molar-refractivity contribution in [2.75, 3.05) is 62.8 Å². The third kappa shape index (κ3) is 5.42. The molecule has 3 fully saturated rings. The molecular formula is C30H36N10O2S. The number of thioether (sulfide) groups is 1. The Balaban J connectivity index is 1.04. The van der Waals surface area contributed by atoms with Crippen LogP contribution in [0.3, 0.4) is 0 Å². The number of carbonyl (C=O) groups excluding carboxylic acids is 2. The Morgan fingerprint density at radius 2 is 1.79 bits per heavy atom. The van der Waals surface area contributed by atoms with Crippen molar-refractivity contribution < 1.29 is 9.59 Å². The van der Waals surface area contributed by atoms with E-state index in [1.807, 2.05) is 53.9 Å². The number of nitrogens with zero attached hydrogens (tertiary/aromatic N) is 9. The van der Waals surface area contributed by atoms with Crippen molar-refractivity contribution >= 4 is 46.5 Å². The topological polar surface area (TPSA) is 107 Å². The van der Waals surface area contributed by atoms with E-state index in [4.69, 9.17) is 4.98 Å². The Hall–Kier alpha value is -4.10. The molecule has 0 radical (unpaired) electrons. The van der Waals surface area contributed by atoms with Crippen molar-refractivity contribution in [3.05, 3.63) is 60.6 Å². The van der Waals surface area contributed by atoms with Crippen LogP contribution in [0.1, 0.15) is 23.2 Å². The van der Waals surface area contributed by atoms with E-state index in [0.29, 0.717) is 5.95 Å². The Morgan fingerprint density at radius 3 is 2.56 bits per heavy atom. The molecule has 1 aromatic carbocycles. The number of carbonyl (C=O) groups is 2. The van der Waals surface area contributed by atoms with Crippen LogP contribution in [0, 0.1) is 0 Å². The van der Waals surface area contributed by atoms with Gasteiger partial charge >= 0.3 is 0 Å². The first-order chi connectivity index (χ1) is 21.0. The summed E-state index contributed by atoms with van der Waals surface area (Å²) in [5, 5.41) is 12.3. The predicted octanol–water partition coefficient (Wildman–Crippen LogP) is 2.66. The maximum absolute atomic E-state index is 13.7. The minimum absolute atomic E-state index is 0.0717. The number of fused-ring (bicyclic) bond motifs is 3. The van der Waals surface area contributed by atoms with Crippen molar-refractivity contribution in [1.29, 1.82) is 0 Å². The number of rotatable bonds is 7. The number of amides is 2. The molecule has 2 amide bonds. The fourth-order valence-corrected chi connectivity index (χ4v) is 7.11. The molecule has 3 aromatic heterocycles. The van der Waals surface area contributed by atoms with E-state index < -0.39 is 0 Å². The van der Waals surface area contributed by atoms with E-state index in [2.05, 4.69) is 43.3 Å². The lowest BCUT2D eigenvalue weighted by Gasteiger charge is -2.42. The Kier molecular flexibility index (Phi) is 7.43. The van der Waals surface area contributed by atoms with Crippen LogP contribution in [-0.2, 0) is 11.3 Å². The third-order valence-corrected chi connectivity index (χ3v) is 9.57. The summed E-state index contributed by atoms with van der Waals surface area (Å²) >= 11 is 1.62. The van der Waals surface area contributed by atoms with Crippen LogP contribution in [0.5, 0.6) is 0 Å². The summed E-state index contributed by atoms with van der Waals surface area (Å²) < 4.78 is 3.44. The highest BCUT2D eigenvalue weighted by Gasteiger charge is 2.43. The van der Waals surface area contributed by atoms with Crippen molar-refractivity contribution in [3.63, 3.8) is 0 Å². The molecule has 3 saturated heterocycles. The van der Waals surface area contributed by atoms with Crippen molar-refractivity contribution in [1.82, 2.24) is 39.1 Å². The van der Waals surface area contributed by atoms with Gasteiger partial charge in [0.1, 0.15) is 6.54 Å². The molecule has 6 heterocycles. The van der Waals surface area contributed by atoms with Gasteiger partial charge in [-0.15, -0.1) is 16.9 Å². The number of hydrogen-bond acceptors (Lipinski definition) is 9. The van der Waals surface area contributed by atoms with Gasteiger partial charge in [-0.25, -0.2) is 4.52 Å². The molecule has 3 aliphatic rings. The maximum atomic E-state index is 13.7. The van der Waals surface area contributed by atoms with Gasteiger partial charge in [0.25, 0.3) is 5.91 Å². The molecule has 0 saturated carbocycles. The van der Waals surface area contributed by atoms with Crippen LogP contribution in [0.4, 0.5) is 17.3 Å². The number of pyridine rings is 1. The molecule has 1 N–H and O–H groups in total. The monoisotopic (exact) mass is 600 g/mol. The number of hydrogen-bond donors (Lipinski definition) is 1. The number of nitrogens with one attached hydrogen (secondary N) is 1. The Bertz CT molecular complexity index is 1630. The van der Waals surface area contributed by atoms with Crippen LogP contribution >= 0.6 is 11.8 Å². The van der Waals surface area contributed by atoms with Crippen molar-refractivity contribution in [2.24, 2.45) is 0 Å². The van der Waals surface area contributed by atoms with E-state index in [0.717, 1.165) is 79.6 Å². The van der Waals surface area contributed by atoms with Gasteiger partial charge in [0.15, 0.2) is 5.65 Å². The van der Waals surface area contributed by atoms with Crippen LogP contribution in [0.25, 0.3) is 5.65 Å². The van der Waals surface area contributed by atoms with Gasteiger partial charge in [-0.2, -0.15) is 10.1 Å². The lowest BCUT2D eigenvalue weighted by molar-refractivity contribution is -0.133. The minimum Gasteiger partial charge on any atom is -0.364 e. The quantitative estimate of drug-likeness (QED) is 0.321. The zero-order chi connectivity index (χ0) is 29.5. The highest BCUT2D eigenvalue weighted by atomic mass is 32.2. The van der Waals surface area contributed by atoms with Crippen LogP contribution in [0.2, 0.25) is 0 Å². The summed E-state index contributed by atoms with van der Waals surface area (Å²) in [5.41, 5.74) is 3.28. The second kappa shape index (κ2) is 11.5. The van der Waals surface area contributed by atoms with E-state index in [-0.39, 0.29) is 30.4 Å². The maximum Gasteiger partial charge on any atom is 0.255 e. The van der Waals surface area contributed by atoms with Gasteiger partial charge in [-0.05, 0) is 50.4 Å². The SMILES string of the molecule is CSc1ccccc1C(=O)N1C2CCC1CN(c1cccn3nc(Nc4cnn(CC(=O)N5CCN(C)CC5)c4)nc13)C2. The number of anilines is 3. The largest absolute Gasteiger partial charge is 0.364 e. The van der Waals surface area contributed by atoms with Gasteiger partial charge in [-0.3, -0.25) is 14.3 Å². The highest BCUT2D eigenvalue weighted by Crippen LogP contribution is 2.36. The van der Waals surface area contributed by atoms with E-state index >= 15 is 0 Å². The first-order valence-corrected chi connectivity index (χ1v) is 16.0. The highest BCUT2D eigenvalue weighted by molar-refractivity contribution is 7.98. The zero-order valence-corrected chi connectivity index (χ0v) is 25.3. The van der Waals surface area contributed by atoms with Gasteiger partial charge in [0.05, 0.1) is 23.1 Å². The number of piperazine rings is 2. The fourth-order valence-electron chi connectivity index (χ4n) is 6.52. The average molecular weight is 601 g/mol. The molecule has 2 atom stereocenters. The summed E-state index contributed by atoms with van der Waals surface area (Å²) in [6, 6.07) is 12.3. The standard InChI is InChI=1S/C30H36N10O2S/c1-35-12-14-36(15-13-35)27(41)20-38-17-21(16-31-38)32-30-33-28-25(7-5-11-39(28)34-30)37-18-22-9-10-23(19-37)40(22)29(42)24-6-3-4-8-26(24)43-2/h3-8,11,16-17,22-23H,9-10,12-15,18-20H2,1-2H3,(H,32,34). The Labute approximate surface area is 254 Å². The van der Waals surface area contributed by atoms with Crippen LogP contribution in [-0.4, -0.2) is 116 Å². The summed E-state index contributed by atoms with van der Waals surface area (Å²) in [6.45, 7) is 4.98. The molecule has 13 heteroatoms. The second-order valence-corrected chi connectivity index (χ2v) is 12.4. The molecule has 12 nitrogen and oxygen atoms in total. The molecule has 4 aromatic rings. The normalized spacial score (nSPS) is 20.7. The summed E-state index contributed by atoms with van der Waals surface area (Å²) in [7, 11) is 2.07. The first-order valence-electron chi connectivity index (χ1n) is 14.8. The lowest BCUT2D eigenvalue weighted by atomic mass is 10.1. The van der Waals surface area contributed by atoms with E-state index in [9.17, 15) is 9.59 Å². The summed E-state index contributed by atoms with van der Waals surface area (Å²) in [4.78, 5) is 40.8.